The molecule has 0 spiro atoms. The van der Waals surface area contributed by atoms with Gasteiger partial charge in [-0.1, -0.05) is 44.0 Å². The van der Waals surface area contributed by atoms with E-state index in [1.165, 1.54) is 16.7 Å². The first-order chi connectivity index (χ1) is 20.5. The number of carboxylic acids is 1. The van der Waals surface area contributed by atoms with Crippen LogP contribution in [0.5, 0.6) is 0 Å². The van der Waals surface area contributed by atoms with E-state index in [1.54, 1.807) is 0 Å². The Morgan fingerprint density at radius 2 is 1.69 bits per heavy atom. The average molecular weight is 577 g/mol. The second-order valence-electron chi connectivity index (χ2n) is 12.1. The number of benzene rings is 1. The lowest BCUT2D eigenvalue weighted by Gasteiger charge is -2.34. The van der Waals surface area contributed by atoms with E-state index in [-0.39, 0.29) is 6.10 Å². The van der Waals surface area contributed by atoms with Gasteiger partial charge in [-0.2, -0.15) is 4.98 Å². The number of carbonyl (C=O) groups is 1. The van der Waals surface area contributed by atoms with E-state index >= 15 is 0 Å². The molecule has 3 heterocycles. The largest absolute Gasteiger partial charge is 0.481 e. The van der Waals surface area contributed by atoms with Gasteiger partial charge in [0.05, 0.1) is 6.10 Å². The van der Waals surface area contributed by atoms with Crippen LogP contribution in [0.2, 0.25) is 0 Å². The molecule has 2 fully saturated rings. The maximum atomic E-state index is 10.6. The molecule has 3 N–H and O–H groups in total. The molecule has 9 heteroatoms. The van der Waals surface area contributed by atoms with Crippen LogP contribution in [0.1, 0.15) is 82.7 Å². The molecular formula is C33H48N6O3. The van der Waals surface area contributed by atoms with Crippen molar-refractivity contribution >= 4 is 23.0 Å². The Morgan fingerprint density at radius 3 is 2.40 bits per heavy atom. The average Bonchev–Trinajstić information content (AvgIpc) is 3.38. The Bertz CT molecular complexity index is 1280. The van der Waals surface area contributed by atoms with Gasteiger partial charge in [0.2, 0.25) is 5.95 Å². The molecule has 42 heavy (non-hydrogen) atoms. The number of unbranched alkanes of at least 4 members (excludes halogenated alkanes) is 3. The molecule has 0 unspecified atom stereocenters. The fourth-order valence-electron chi connectivity index (χ4n) is 6.38. The zero-order valence-corrected chi connectivity index (χ0v) is 25.2. The summed E-state index contributed by atoms with van der Waals surface area (Å²) in [7, 11) is 0. The minimum Gasteiger partial charge on any atom is -0.481 e. The molecule has 5 rings (SSSR count). The Morgan fingerprint density at radius 1 is 0.976 bits per heavy atom. The smallest absolute Gasteiger partial charge is 0.303 e. The molecule has 228 valence electrons. The number of carboxylic acid groups (broad SMARTS) is 1. The standard InChI is InChI=1S/C33H48N6O3/c1-2-16-34-33-35-22-29-30(24-39(32(29)36-33)27-12-14-28(40)15-13-27)26-10-8-25(9-11-26)23-38-20-18-37(19-21-38)17-6-4-3-5-7-31(41)42/h8-11,22,24,27-28,40H,2-7,12-21,23H2,1H3,(H,41,42)(H,34,35,36). The highest BCUT2D eigenvalue weighted by molar-refractivity contribution is 5.94. The summed E-state index contributed by atoms with van der Waals surface area (Å²) >= 11 is 0. The predicted octanol–water partition coefficient (Wildman–Crippen LogP) is 5.55. The van der Waals surface area contributed by atoms with Gasteiger partial charge in [-0.25, -0.2) is 4.98 Å². The van der Waals surface area contributed by atoms with E-state index in [9.17, 15) is 9.90 Å². The number of fused-ring (bicyclic) bond motifs is 1. The number of aromatic nitrogens is 3. The van der Waals surface area contributed by atoms with Crippen molar-refractivity contribution in [2.75, 3.05) is 44.6 Å². The van der Waals surface area contributed by atoms with Gasteiger partial charge in [0.1, 0.15) is 5.65 Å². The van der Waals surface area contributed by atoms with Gasteiger partial charge >= 0.3 is 5.97 Å². The van der Waals surface area contributed by atoms with Crippen molar-refractivity contribution in [2.24, 2.45) is 0 Å². The van der Waals surface area contributed by atoms with Gasteiger partial charge in [-0.3, -0.25) is 9.69 Å². The highest BCUT2D eigenvalue weighted by Crippen LogP contribution is 2.36. The number of nitrogens with one attached hydrogen (secondary N) is 1. The number of piperazine rings is 1. The van der Waals surface area contributed by atoms with Gasteiger partial charge in [-0.05, 0) is 62.6 Å². The number of hydrogen-bond donors (Lipinski definition) is 3. The zero-order valence-electron chi connectivity index (χ0n) is 25.2. The van der Waals surface area contributed by atoms with Crippen LogP contribution in [0.4, 0.5) is 5.95 Å². The van der Waals surface area contributed by atoms with Crippen molar-refractivity contribution in [1.82, 2.24) is 24.3 Å². The Balaban J connectivity index is 1.19. The monoisotopic (exact) mass is 576 g/mol. The third kappa shape index (κ3) is 8.08. The van der Waals surface area contributed by atoms with Crippen molar-refractivity contribution in [3.63, 3.8) is 0 Å². The first-order valence-corrected chi connectivity index (χ1v) is 16.1. The van der Waals surface area contributed by atoms with Crippen molar-refractivity contribution < 1.29 is 15.0 Å². The van der Waals surface area contributed by atoms with Crippen LogP contribution in [0.15, 0.2) is 36.7 Å². The Hall–Kier alpha value is -3.01. The summed E-state index contributed by atoms with van der Waals surface area (Å²) in [6, 6.07) is 9.34. The minimum absolute atomic E-state index is 0.184. The van der Waals surface area contributed by atoms with Crippen molar-refractivity contribution in [2.45, 2.75) is 89.8 Å². The third-order valence-electron chi connectivity index (χ3n) is 8.92. The Kier molecular flexibility index (Phi) is 10.8. The number of anilines is 1. The van der Waals surface area contributed by atoms with Crippen molar-refractivity contribution in [3.05, 3.63) is 42.2 Å². The molecule has 0 radical (unpaired) electrons. The number of aliphatic hydroxyl groups is 1. The van der Waals surface area contributed by atoms with E-state index < -0.39 is 5.97 Å². The first kappa shape index (κ1) is 30.4. The van der Waals surface area contributed by atoms with Crippen LogP contribution >= 0.6 is 0 Å². The second kappa shape index (κ2) is 14.9. The molecule has 1 saturated heterocycles. The van der Waals surface area contributed by atoms with Crippen LogP contribution in [0, 0.1) is 0 Å². The van der Waals surface area contributed by atoms with E-state index in [2.05, 4.69) is 62.1 Å². The lowest BCUT2D eigenvalue weighted by atomic mass is 9.93. The topological polar surface area (TPSA) is 107 Å². The van der Waals surface area contributed by atoms with Crippen molar-refractivity contribution in [3.8, 4) is 11.1 Å². The summed E-state index contributed by atoms with van der Waals surface area (Å²) in [6.07, 6.45) is 13.0. The normalized spacial score (nSPS) is 20.2. The van der Waals surface area contributed by atoms with Crippen molar-refractivity contribution in [1.29, 1.82) is 0 Å². The summed E-state index contributed by atoms with van der Waals surface area (Å²) < 4.78 is 2.33. The maximum absolute atomic E-state index is 10.6. The highest BCUT2D eigenvalue weighted by Gasteiger charge is 2.24. The summed E-state index contributed by atoms with van der Waals surface area (Å²) in [5.41, 5.74) is 4.66. The van der Waals surface area contributed by atoms with Crippen LogP contribution in [-0.4, -0.2) is 85.9 Å². The molecular weight excluding hydrogens is 528 g/mol. The molecule has 1 aliphatic carbocycles. The molecule has 3 aromatic rings. The molecule has 2 aliphatic rings. The lowest BCUT2D eigenvalue weighted by molar-refractivity contribution is -0.137. The van der Waals surface area contributed by atoms with E-state index in [0.717, 1.165) is 115 Å². The molecule has 0 atom stereocenters. The second-order valence-corrected chi connectivity index (χ2v) is 12.1. The first-order valence-electron chi connectivity index (χ1n) is 16.1. The van der Waals surface area contributed by atoms with Crippen LogP contribution in [0.25, 0.3) is 22.2 Å². The molecule has 9 nitrogen and oxygen atoms in total. The summed E-state index contributed by atoms with van der Waals surface area (Å²) in [5, 5.41) is 23.3. The van der Waals surface area contributed by atoms with Gasteiger partial charge < -0.3 is 25.0 Å². The van der Waals surface area contributed by atoms with Gasteiger partial charge in [0.25, 0.3) is 0 Å². The molecule has 1 aromatic carbocycles. The summed E-state index contributed by atoms with van der Waals surface area (Å²) in [5.74, 6) is -0.00819. The Labute approximate surface area is 250 Å². The highest BCUT2D eigenvalue weighted by atomic mass is 16.4. The predicted molar refractivity (Wildman–Crippen MR) is 168 cm³/mol. The van der Waals surface area contributed by atoms with Gasteiger partial charge in [0.15, 0.2) is 0 Å². The molecule has 1 saturated carbocycles. The fourth-order valence-corrected chi connectivity index (χ4v) is 6.38. The van der Waals surface area contributed by atoms with Gasteiger partial charge in [0, 0.05) is 75.1 Å². The quantitative estimate of drug-likeness (QED) is 0.215. The summed E-state index contributed by atoms with van der Waals surface area (Å²) in [6.45, 7) is 9.42. The lowest BCUT2D eigenvalue weighted by Crippen LogP contribution is -2.46. The number of hydrogen-bond acceptors (Lipinski definition) is 7. The number of nitrogens with zero attached hydrogens (tertiary/aromatic N) is 5. The molecule has 2 aromatic heterocycles. The number of rotatable bonds is 14. The zero-order chi connectivity index (χ0) is 29.3. The maximum Gasteiger partial charge on any atom is 0.303 e. The van der Waals surface area contributed by atoms with E-state index in [4.69, 9.17) is 10.1 Å². The van der Waals surface area contributed by atoms with E-state index in [1.807, 2.05) is 6.20 Å². The third-order valence-corrected chi connectivity index (χ3v) is 8.92. The van der Waals surface area contributed by atoms with Gasteiger partial charge in [-0.15, -0.1) is 0 Å². The molecule has 0 amide bonds. The fraction of sp³-hybridized carbons (Fsp3) is 0.606. The minimum atomic E-state index is -0.686. The molecule has 0 bridgehead atoms. The summed E-state index contributed by atoms with van der Waals surface area (Å²) in [4.78, 5) is 25.3. The SMILES string of the molecule is CCCNc1ncc2c(-c3ccc(CN4CCN(CCCCCCC(=O)O)CC4)cc3)cn(C3CCC(O)CC3)c2n1. The number of aliphatic hydroxyl groups excluding tert-OH is 1. The van der Waals surface area contributed by atoms with Crippen LogP contribution < -0.4 is 5.32 Å². The van der Waals surface area contributed by atoms with Crippen LogP contribution in [0.3, 0.4) is 0 Å². The van der Waals surface area contributed by atoms with Crippen LogP contribution in [-0.2, 0) is 11.3 Å². The molecule has 1 aliphatic heterocycles. The number of aliphatic carboxylic acids is 1. The van der Waals surface area contributed by atoms with E-state index in [0.29, 0.717) is 18.4 Å².